The van der Waals surface area contributed by atoms with Crippen molar-refractivity contribution in [2.75, 3.05) is 52.4 Å². The Balaban J connectivity index is 2.00. The van der Waals surface area contributed by atoms with Crippen molar-refractivity contribution in [3.63, 3.8) is 0 Å². The van der Waals surface area contributed by atoms with Crippen LogP contribution in [0.15, 0.2) is 0 Å². The maximum Gasteiger partial charge on any atom is 0.0259 e. The summed E-state index contributed by atoms with van der Waals surface area (Å²) in [5, 5.41) is 15.3. The van der Waals surface area contributed by atoms with Gasteiger partial charge in [0.25, 0.3) is 0 Å². The van der Waals surface area contributed by atoms with Gasteiger partial charge in [0.1, 0.15) is 0 Å². The lowest BCUT2D eigenvalue weighted by molar-refractivity contribution is 0.526. The first-order valence-electron chi connectivity index (χ1n) is 4.68. The zero-order chi connectivity index (χ0) is 8.49. The molecule has 1 aliphatic heterocycles. The van der Waals surface area contributed by atoms with Gasteiger partial charge in [-0.05, 0) is 0 Å². The van der Waals surface area contributed by atoms with E-state index in [2.05, 4.69) is 21.3 Å². The van der Waals surface area contributed by atoms with E-state index in [1.165, 1.54) is 0 Å². The Labute approximate surface area is 74.5 Å². The van der Waals surface area contributed by atoms with Gasteiger partial charge in [-0.15, -0.1) is 0 Å². The maximum absolute atomic E-state index is 4.35. The molecule has 0 atom stereocenters. The van der Waals surface area contributed by atoms with Crippen LogP contribution in [0.25, 0.3) is 0 Å². The van der Waals surface area contributed by atoms with Crippen molar-refractivity contribution in [1.29, 1.82) is 0 Å². The Hall–Kier alpha value is -0.160. The van der Waals surface area contributed by atoms with E-state index < -0.39 is 0 Å². The van der Waals surface area contributed by atoms with Crippen LogP contribution in [0.5, 0.6) is 0 Å². The van der Waals surface area contributed by atoms with E-state index in [9.17, 15) is 0 Å². The monoisotopic (exact) mass is 170 g/mol. The quantitative estimate of drug-likeness (QED) is 0.459. The minimum absolute atomic E-state index is 0.932. The van der Waals surface area contributed by atoms with Gasteiger partial charge in [0.2, 0.25) is 0 Å². The Morgan fingerprint density at radius 3 is 1.25 bits per heavy atom. The Morgan fingerprint density at radius 2 is 0.917 bits per heavy atom. The highest BCUT2D eigenvalue weighted by Gasteiger charge is 1.94. The van der Waals surface area contributed by atoms with Crippen molar-refractivity contribution >= 4 is 0 Å². The van der Waals surface area contributed by atoms with Gasteiger partial charge in [-0.25, -0.2) is 10.6 Å². The first-order chi connectivity index (χ1) is 6.00. The van der Waals surface area contributed by atoms with Gasteiger partial charge in [0.05, 0.1) is 0 Å². The molecule has 4 heteroatoms. The third kappa shape index (κ3) is 5.49. The van der Waals surface area contributed by atoms with Crippen LogP contribution in [0.3, 0.4) is 0 Å². The van der Waals surface area contributed by atoms with Gasteiger partial charge in [-0.1, -0.05) is 0 Å². The molecule has 0 bridgehead atoms. The highest BCUT2D eigenvalue weighted by molar-refractivity contribution is 4.59. The molecule has 1 aliphatic rings. The summed E-state index contributed by atoms with van der Waals surface area (Å²) in [5.74, 6) is 0. The molecule has 0 spiro atoms. The lowest BCUT2D eigenvalue weighted by Crippen LogP contribution is -2.35. The van der Waals surface area contributed by atoms with Crippen LogP contribution >= 0.6 is 0 Å². The average molecular weight is 170 g/mol. The first kappa shape index (κ1) is 9.92. The van der Waals surface area contributed by atoms with E-state index >= 15 is 0 Å². The molecular formula is C8H18N4. The number of hydrogen-bond acceptors (Lipinski definition) is 2. The van der Waals surface area contributed by atoms with Crippen LogP contribution in [0.4, 0.5) is 0 Å². The molecule has 1 rings (SSSR count). The molecule has 1 heterocycles. The predicted octanol–water partition coefficient (Wildman–Crippen LogP) is -1.61. The predicted molar refractivity (Wildman–Crippen MR) is 49.5 cm³/mol. The molecule has 0 aromatic rings. The van der Waals surface area contributed by atoms with Gasteiger partial charge < -0.3 is 10.6 Å². The Kier molecular flexibility index (Phi) is 6.19. The van der Waals surface area contributed by atoms with Crippen LogP contribution in [0, 0.1) is 0 Å². The molecule has 4 nitrogen and oxygen atoms in total. The second-order valence-corrected chi connectivity index (χ2v) is 2.84. The van der Waals surface area contributed by atoms with Gasteiger partial charge in [-0.3, -0.25) is 0 Å². The number of nitrogens with zero attached hydrogens (tertiary/aromatic N) is 2. The molecule has 0 amide bonds. The molecule has 2 N–H and O–H groups in total. The smallest absolute Gasteiger partial charge is 0.0259 e. The van der Waals surface area contributed by atoms with Crippen molar-refractivity contribution in [3.8, 4) is 0 Å². The first-order valence-corrected chi connectivity index (χ1v) is 4.68. The van der Waals surface area contributed by atoms with E-state index in [4.69, 9.17) is 0 Å². The molecule has 1 saturated heterocycles. The average Bonchev–Trinajstić information content (AvgIpc) is 2.05. The second-order valence-electron chi connectivity index (χ2n) is 2.84. The van der Waals surface area contributed by atoms with E-state index in [0.717, 1.165) is 52.4 Å². The summed E-state index contributed by atoms with van der Waals surface area (Å²) in [5.41, 5.74) is 0. The molecule has 70 valence electrons. The molecule has 0 aromatic heterocycles. The molecule has 12 heavy (non-hydrogen) atoms. The lowest BCUT2D eigenvalue weighted by atomic mass is 10.4. The van der Waals surface area contributed by atoms with E-state index in [1.807, 2.05) is 0 Å². The molecular weight excluding hydrogens is 152 g/mol. The molecule has 0 aromatic carbocycles. The highest BCUT2D eigenvalue weighted by atomic mass is 15.0. The fourth-order valence-corrected chi connectivity index (χ4v) is 1.11. The van der Waals surface area contributed by atoms with Crippen LogP contribution in [-0.4, -0.2) is 52.4 Å². The van der Waals surface area contributed by atoms with Crippen LogP contribution < -0.4 is 21.3 Å². The Morgan fingerprint density at radius 1 is 0.583 bits per heavy atom. The van der Waals surface area contributed by atoms with Gasteiger partial charge in [0.15, 0.2) is 0 Å². The molecule has 0 saturated carbocycles. The van der Waals surface area contributed by atoms with Crippen molar-refractivity contribution < 1.29 is 0 Å². The third-order valence-corrected chi connectivity index (χ3v) is 1.79. The SMILES string of the molecule is C1CNCC[N]CCNCC[N]1. The summed E-state index contributed by atoms with van der Waals surface area (Å²) in [4.78, 5) is 0. The van der Waals surface area contributed by atoms with E-state index in [1.54, 1.807) is 0 Å². The van der Waals surface area contributed by atoms with Gasteiger partial charge in [0, 0.05) is 52.4 Å². The lowest BCUT2D eigenvalue weighted by Gasteiger charge is -2.09. The summed E-state index contributed by atoms with van der Waals surface area (Å²) in [6, 6.07) is 0. The van der Waals surface area contributed by atoms with Crippen molar-refractivity contribution in [2.45, 2.75) is 0 Å². The summed E-state index contributed by atoms with van der Waals surface area (Å²) in [6.07, 6.45) is 0. The normalized spacial score (nSPS) is 24.0. The zero-order valence-corrected chi connectivity index (χ0v) is 7.55. The zero-order valence-electron chi connectivity index (χ0n) is 7.55. The van der Waals surface area contributed by atoms with Crippen molar-refractivity contribution in [2.24, 2.45) is 0 Å². The molecule has 0 aliphatic carbocycles. The minimum Gasteiger partial charge on any atom is -0.314 e. The van der Waals surface area contributed by atoms with E-state index in [-0.39, 0.29) is 0 Å². The largest absolute Gasteiger partial charge is 0.314 e. The summed E-state index contributed by atoms with van der Waals surface area (Å²) in [7, 11) is 0. The number of hydrogen-bond donors (Lipinski definition) is 2. The fourth-order valence-electron chi connectivity index (χ4n) is 1.11. The van der Waals surface area contributed by atoms with Crippen LogP contribution in [0.1, 0.15) is 0 Å². The highest BCUT2D eigenvalue weighted by Crippen LogP contribution is 1.69. The number of rotatable bonds is 0. The maximum atomic E-state index is 4.35. The van der Waals surface area contributed by atoms with Crippen molar-refractivity contribution in [3.05, 3.63) is 0 Å². The summed E-state index contributed by atoms with van der Waals surface area (Å²) < 4.78 is 0. The Bertz CT molecular complexity index is 54.0. The summed E-state index contributed by atoms with van der Waals surface area (Å²) >= 11 is 0. The topological polar surface area (TPSA) is 52.3 Å². The molecule has 1 fully saturated rings. The second kappa shape index (κ2) is 7.49. The van der Waals surface area contributed by atoms with Crippen LogP contribution in [0.2, 0.25) is 0 Å². The minimum atomic E-state index is 0.932. The number of nitrogens with one attached hydrogen (secondary N) is 2. The fraction of sp³-hybridized carbons (Fsp3) is 1.00. The summed E-state index contributed by atoms with van der Waals surface area (Å²) in [6.45, 7) is 7.71. The van der Waals surface area contributed by atoms with E-state index in [0.29, 0.717) is 0 Å². The van der Waals surface area contributed by atoms with Gasteiger partial charge >= 0.3 is 0 Å². The third-order valence-electron chi connectivity index (χ3n) is 1.79. The molecule has 0 unspecified atom stereocenters. The van der Waals surface area contributed by atoms with Gasteiger partial charge in [-0.2, -0.15) is 0 Å². The standard InChI is InChI=1S/C8H18N4/c1-2-10-5-6-12-8-7-11-4-3-9-1/h9,12H,1-8H2. The van der Waals surface area contributed by atoms with Crippen molar-refractivity contribution in [1.82, 2.24) is 21.3 Å². The van der Waals surface area contributed by atoms with Crippen LogP contribution in [-0.2, 0) is 0 Å². The molecule has 2 radical (unpaired) electrons.